The van der Waals surface area contributed by atoms with E-state index in [2.05, 4.69) is 15.3 Å². The standard InChI is InChI=1S/C9H13N3O3S/c1-10-3-8-11-7-5-16(13,14)4-6(7)9(12-8)15-2/h10H,3-5H2,1-2H3. The summed E-state index contributed by atoms with van der Waals surface area (Å²) < 4.78 is 28.1. The molecule has 0 radical (unpaired) electrons. The molecule has 7 heteroatoms. The predicted molar refractivity (Wildman–Crippen MR) is 57.7 cm³/mol. The molecule has 2 rings (SSSR count). The highest BCUT2D eigenvalue weighted by Gasteiger charge is 2.30. The van der Waals surface area contributed by atoms with Gasteiger partial charge >= 0.3 is 0 Å². The molecule has 1 aliphatic heterocycles. The first-order valence-corrected chi connectivity index (χ1v) is 6.65. The SMILES string of the molecule is CNCc1nc2c(c(OC)n1)CS(=O)(=O)C2. The maximum atomic E-state index is 11.5. The summed E-state index contributed by atoms with van der Waals surface area (Å²) in [6.07, 6.45) is 0. The van der Waals surface area contributed by atoms with E-state index in [0.29, 0.717) is 29.5 Å². The molecule has 1 aliphatic rings. The van der Waals surface area contributed by atoms with Crippen LogP contribution in [0.25, 0.3) is 0 Å². The fourth-order valence-electron chi connectivity index (χ4n) is 1.71. The van der Waals surface area contributed by atoms with Crippen LogP contribution in [0.2, 0.25) is 0 Å². The maximum Gasteiger partial charge on any atom is 0.221 e. The monoisotopic (exact) mass is 243 g/mol. The molecule has 0 spiro atoms. The minimum absolute atomic E-state index is 0.0159. The molecule has 88 valence electrons. The summed E-state index contributed by atoms with van der Waals surface area (Å²) in [6, 6.07) is 0. The van der Waals surface area contributed by atoms with Gasteiger partial charge in [-0.1, -0.05) is 0 Å². The van der Waals surface area contributed by atoms with Crippen molar-refractivity contribution < 1.29 is 13.2 Å². The first kappa shape index (κ1) is 11.3. The van der Waals surface area contributed by atoms with E-state index in [1.165, 1.54) is 7.11 Å². The number of ether oxygens (including phenoxy) is 1. The third kappa shape index (κ3) is 2.00. The molecule has 1 aromatic rings. The normalized spacial score (nSPS) is 17.1. The van der Waals surface area contributed by atoms with Gasteiger partial charge < -0.3 is 10.1 Å². The highest BCUT2D eigenvalue weighted by Crippen LogP contribution is 2.29. The summed E-state index contributed by atoms with van der Waals surface area (Å²) in [7, 11) is 0.188. The van der Waals surface area contributed by atoms with Crippen LogP contribution in [0.4, 0.5) is 0 Å². The molecule has 0 saturated carbocycles. The molecule has 0 bridgehead atoms. The van der Waals surface area contributed by atoms with Gasteiger partial charge in [-0.25, -0.2) is 13.4 Å². The summed E-state index contributed by atoms with van der Waals surface area (Å²) in [5.41, 5.74) is 1.17. The van der Waals surface area contributed by atoms with Crippen molar-refractivity contribution in [2.24, 2.45) is 0 Å². The molecule has 6 nitrogen and oxygen atoms in total. The molecule has 1 N–H and O–H groups in total. The van der Waals surface area contributed by atoms with Gasteiger partial charge in [0.15, 0.2) is 9.84 Å². The summed E-state index contributed by atoms with van der Waals surface area (Å²) in [5, 5.41) is 2.92. The second-order valence-corrected chi connectivity index (χ2v) is 5.70. The van der Waals surface area contributed by atoms with Crippen molar-refractivity contribution >= 4 is 9.84 Å². The summed E-state index contributed by atoms with van der Waals surface area (Å²) in [4.78, 5) is 8.37. The summed E-state index contributed by atoms with van der Waals surface area (Å²) >= 11 is 0. The Morgan fingerprint density at radius 1 is 1.38 bits per heavy atom. The highest BCUT2D eigenvalue weighted by atomic mass is 32.2. The van der Waals surface area contributed by atoms with E-state index in [9.17, 15) is 8.42 Å². The van der Waals surface area contributed by atoms with Crippen LogP contribution in [0.3, 0.4) is 0 Å². The number of nitrogens with one attached hydrogen (secondary N) is 1. The first-order chi connectivity index (χ1) is 7.55. The van der Waals surface area contributed by atoms with Gasteiger partial charge in [-0.2, -0.15) is 4.98 Å². The molecule has 16 heavy (non-hydrogen) atoms. The number of hydrogen-bond acceptors (Lipinski definition) is 6. The Balaban J connectivity index is 2.49. The number of aromatic nitrogens is 2. The summed E-state index contributed by atoms with van der Waals surface area (Å²) in [6.45, 7) is 0.490. The van der Waals surface area contributed by atoms with Crippen molar-refractivity contribution in [3.8, 4) is 5.88 Å². The molecule has 0 atom stereocenters. The third-order valence-corrected chi connectivity index (χ3v) is 3.79. The van der Waals surface area contributed by atoms with Gasteiger partial charge in [0.05, 0.1) is 36.4 Å². The minimum atomic E-state index is -3.07. The van der Waals surface area contributed by atoms with Gasteiger partial charge in [0.25, 0.3) is 0 Å². The molecule has 0 aliphatic carbocycles. The molecule has 0 amide bonds. The van der Waals surface area contributed by atoms with E-state index in [1.807, 2.05) is 0 Å². The van der Waals surface area contributed by atoms with Crippen LogP contribution in [-0.2, 0) is 27.9 Å². The maximum absolute atomic E-state index is 11.5. The average molecular weight is 243 g/mol. The van der Waals surface area contributed by atoms with Crippen LogP contribution in [0.5, 0.6) is 5.88 Å². The average Bonchev–Trinajstić information content (AvgIpc) is 2.51. The van der Waals surface area contributed by atoms with Gasteiger partial charge in [-0.15, -0.1) is 0 Å². The number of rotatable bonds is 3. The lowest BCUT2D eigenvalue weighted by Gasteiger charge is -2.07. The first-order valence-electron chi connectivity index (χ1n) is 4.83. The predicted octanol–water partition coefficient (Wildman–Crippen LogP) is -0.367. The molecule has 0 saturated heterocycles. The largest absolute Gasteiger partial charge is 0.481 e. The molecule has 0 aromatic carbocycles. The topological polar surface area (TPSA) is 81.2 Å². The van der Waals surface area contributed by atoms with Crippen LogP contribution in [0, 0.1) is 0 Å². The fourth-order valence-corrected chi connectivity index (χ4v) is 3.19. The van der Waals surface area contributed by atoms with Crippen LogP contribution < -0.4 is 10.1 Å². The van der Waals surface area contributed by atoms with Crippen LogP contribution in [0.1, 0.15) is 17.1 Å². The lowest BCUT2D eigenvalue weighted by Crippen LogP contribution is -2.11. The molecular formula is C9H13N3O3S. The second-order valence-electron chi connectivity index (χ2n) is 3.64. The van der Waals surface area contributed by atoms with Crippen molar-refractivity contribution in [3.63, 3.8) is 0 Å². The van der Waals surface area contributed by atoms with E-state index in [4.69, 9.17) is 4.74 Å². The zero-order valence-electron chi connectivity index (χ0n) is 9.15. The van der Waals surface area contributed by atoms with Crippen molar-refractivity contribution in [1.82, 2.24) is 15.3 Å². The minimum Gasteiger partial charge on any atom is -0.481 e. The fraction of sp³-hybridized carbons (Fsp3) is 0.556. The third-order valence-electron chi connectivity index (χ3n) is 2.35. The van der Waals surface area contributed by atoms with E-state index < -0.39 is 9.84 Å². The number of nitrogens with zero attached hydrogens (tertiary/aromatic N) is 2. The zero-order chi connectivity index (χ0) is 11.8. The van der Waals surface area contributed by atoms with E-state index in [-0.39, 0.29) is 11.5 Å². The Morgan fingerprint density at radius 3 is 2.75 bits per heavy atom. The molecule has 2 heterocycles. The van der Waals surface area contributed by atoms with Crippen LogP contribution in [0.15, 0.2) is 0 Å². The number of sulfone groups is 1. The van der Waals surface area contributed by atoms with Gasteiger partial charge in [-0.05, 0) is 7.05 Å². The van der Waals surface area contributed by atoms with Gasteiger partial charge in [0, 0.05) is 0 Å². The van der Waals surface area contributed by atoms with Crippen molar-refractivity contribution in [2.45, 2.75) is 18.1 Å². The van der Waals surface area contributed by atoms with Crippen molar-refractivity contribution in [1.29, 1.82) is 0 Å². The van der Waals surface area contributed by atoms with E-state index in [0.717, 1.165) is 0 Å². The molecule has 0 fully saturated rings. The van der Waals surface area contributed by atoms with Gasteiger partial charge in [0.1, 0.15) is 5.82 Å². The van der Waals surface area contributed by atoms with Crippen molar-refractivity contribution in [3.05, 3.63) is 17.1 Å². The number of methoxy groups -OCH3 is 1. The molecule has 0 unspecified atom stereocenters. The second kappa shape index (κ2) is 3.99. The highest BCUT2D eigenvalue weighted by molar-refractivity contribution is 7.90. The van der Waals surface area contributed by atoms with E-state index >= 15 is 0 Å². The van der Waals surface area contributed by atoms with E-state index in [1.54, 1.807) is 7.05 Å². The lowest BCUT2D eigenvalue weighted by molar-refractivity contribution is 0.389. The Morgan fingerprint density at radius 2 is 2.12 bits per heavy atom. The van der Waals surface area contributed by atoms with Crippen molar-refractivity contribution in [2.75, 3.05) is 14.2 Å². The Hall–Kier alpha value is -1.21. The number of hydrogen-bond donors (Lipinski definition) is 1. The zero-order valence-corrected chi connectivity index (χ0v) is 9.97. The van der Waals surface area contributed by atoms with Crippen LogP contribution >= 0.6 is 0 Å². The lowest BCUT2D eigenvalue weighted by atomic mass is 10.2. The Bertz CT molecular complexity index is 513. The van der Waals surface area contributed by atoms with Crippen LogP contribution in [-0.4, -0.2) is 32.5 Å². The number of fused-ring (bicyclic) bond motifs is 1. The quantitative estimate of drug-likeness (QED) is 0.780. The van der Waals surface area contributed by atoms with Gasteiger partial charge in [-0.3, -0.25) is 0 Å². The molecule has 1 aromatic heterocycles. The van der Waals surface area contributed by atoms with Gasteiger partial charge in [0.2, 0.25) is 5.88 Å². The Kier molecular flexibility index (Phi) is 2.81. The smallest absolute Gasteiger partial charge is 0.221 e. The Labute approximate surface area is 94.0 Å². The molecular weight excluding hydrogens is 230 g/mol. The summed E-state index contributed by atoms with van der Waals surface area (Å²) in [5.74, 6) is 0.884.